The van der Waals surface area contributed by atoms with Crippen molar-refractivity contribution in [2.75, 3.05) is 13.1 Å². The van der Waals surface area contributed by atoms with Gasteiger partial charge in [0.2, 0.25) is 0 Å². The first-order valence-corrected chi connectivity index (χ1v) is 7.39. The van der Waals surface area contributed by atoms with Crippen LogP contribution in [0.2, 0.25) is 0 Å². The summed E-state index contributed by atoms with van der Waals surface area (Å²) in [7, 11) is 0. The third-order valence-electron chi connectivity index (χ3n) is 3.45. The second-order valence-electron chi connectivity index (χ2n) is 6.61. The minimum Gasteiger partial charge on any atom is -0.444 e. The van der Waals surface area contributed by atoms with Gasteiger partial charge < -0.3 is 9.64 Å². The van der Waals surface area contributed by atoms with Crippen LogP contribution in [-0.4, -0.2) is 44.4 Å². The SMILES string of the molecule is CC(C)(C)OC(=O)N1CCCC(Cn2cc([N+](=O)[O-])cn2)C1. The molecule has 0 bridgehead atoms. The van der Waals surface area contributed by atoms with Crippen LogP contribution < -0.4 is 0 Å². The van der Waals surface area contributed by atoms with Crippen LogP contribution in [0.15, 0.2) is 12.4 Å². The minimum absolute atomic E-state index is 0.0141. The molecular weight excluding hydrogens is 288 g/mol. The molecule has 1 fully saturated rings. The van der Waals surface area contributed by atoms with E-state index in [1.54, 1.807) is 9.58 Å². The molecule has 22 heavy (non-hydrogen) atoms. The van der Waals surface area contributed by atoms with E-state index in [1.807, 2.05) is 20.8 Å². The standard InChI is InChI=1S/C14H22N4O4/c1-14(2,3)22-13(19)16-6-4-5-11(8-16)9-17-10-12(7-15-17)18(20)21/h7,10-11H,4-6,8-9H2,1-3H3. The van der Waals surface area contributed by atoms with Gasteiger partial charge in [-0.15, -0.1) is 0 Å². The molecule has 0 saturated carbocycles. The smallest absolute Gasteiger partial charge is 0.410 e. The lowest BCUT2D eigenvalue weighted by molar-refractivity contribution is -0.385. The largest absolute Gasteiger partial charge is 0.444 e. The Balaban J connectivity index is 1.92. The Labute approximate surface area is 129 Å². The first kappa shape index (κ1) is 16.3. The molecule has 8 nitrogen and oxygen atoms in total. The Bertz CT molecular complexity index is 549. The normalized spacial score (nSPS) is 19.0. The second-order valence-corrected chi connectivity index (χ2v) is 6.61. The summed E-state index contributed by atoms with van der Waals surface area (Å²) >= 11 is 0. The van der Waals surface area contributed by atoms with Gasteiger partial charge in [0.1, 0.15) is 18.0 Å². The molecule has 1 atom stereocenters. The van der Waals surface area contributed by atoms with Gasteiger partial charge in [-0.05, 0) is 39.5 Å². The Morgan fingerprint density at radius 1 is 1.55 bits per heavy atom. The van der Waals surface area contributed by atoms with Crippen molar-refractivity contribution in [2.24, 2.45) is 5.92 Å². The van der Waals surface area contributed by atoms with E-state index in [1.165, 1.54) is 12.4 Å². The fraction of sp³-hybridized carbons (Fsp3) is 0.714. The molecule has 1 aromatic heterocycles. The fourth-order valence-electron chi connectivity index (χ4n) is 2.52. The van der Waals surface area contributed by atoms with Crippen LogP contribution in [0, 0.1) is 16.0 Å². The van der Waals surface area contributed by atoms with Gasteiger partial charge in [0.15, 0.2) is 0 Å². The summed E-state index contributed by atoms with van der Waals surface area (Å²) in [6, 6.07) is 0. The van der Waals surface area contributed by atoms with Crippen molar-refractivity contribution in [3.63, 3.8) is 0 Å². The average molecular weight is 310 g/mol. The number of ether oxygens (including phenoxy) is 1. The van der Waals surface area contributed by atoms with E-state index in [0.717, 1.165) is 12.8 Å². The van der Waals surface area contributed by atoms with Crippen molar-refractivity contribution in [3.8, 4) is 0 Å². The molecule has 0 spiro atoms. The van der Waals surface area contributed by atoms with Gasteiger partial charge >= 0.3 is 11.8 Å². The van der Waals surface area contributed by atoms with Crippen molar-refractivity contribution >= 4 is 11.8 Å². The first-order chi connectivity index (χ1) is 10.2. The van der Waals surface area contributed by atoms with Gasteiger partial charge in [-0.25, -0.2) is 4.79 Å². The van der Waals surface area contributed by atoms with Crippen molar-refractivity contribution in [2.45, 2.75) is 45.8 Å². The van der Waals surface area contributed by atoms with Crippen molar-refractivity contribution < 1.29 is 14.5 Å². The van der Waals surface area contributed by atoms with Gasteiger partial charge in [-0.3, -0.25) is 14.8 Å². The van der Waals surface area contributed by atoms with Crippen molar-refractivity contribution in [1.82, 2.24) is 14.7 Å². The number of nitro groups is 1. The van der Waals surface area contributed by atoms with Crippen LogP contribution in [-0.2, 0) is 11.3 Å². The molecule has 1 amide bonds. The number of carbonyl (C=O) groups excluding carboxylic acids is 1. The third-order valence-corrected chi connectivity index (χ3v) is 3.45. The zero-order valence-electron chi connectivity index (χ0n) is 13.2. The predicted molar refractivity (Wildman–Crippen MR) is 79.4 cm³/mol. The van der Waals surface area contributed by atoms with Gasteiger partial charge in [-0.1, -0.05) is 0 Å². The maximum absolute atomic E-state index is 12.1. The second kappa shape index (κ2) is 6.33. The molecular formula is C14H22N4O4. The van der Waals surface area contributed by atoms with E-state index in [4.69, 9.17) is 4.74 Å². The maximum atomic E-state index is 12.1. The summed E-state index contributed by atoms with van der Waals surface area (Å²) < 4.78 is 6.96. The van der Waals surface area contributed by atoms with Gasteiger partial charge in [0.25, 0.3) is 0 Å². The van der Waals surface area contributed by atoms with E-state index < -0.39 is 10.5 Å². The van der Waals surface area contributed by atoms with Crippen LogP contribution in [0.1, 0.15) is 33.6 Å². The summed E-state index contributed by atoms with van der Waals surface area (Å²) in [6.07, 6.45) is 4.23. The third kappa shape index (κ3) is 4.44. The summed E-state index contributed by atoms with van der Waals surface area (Å²) in [5.41, 5.74) is -0.521. The van der Waals surface area contributed by atoms with Crippen LogP contribution in [0.25, 0.3) is 0 Å². The van der Waals surface area contributed by atoms with Gasteiger partial charge in [0.05, 0.1) is 4.92 Å². The minimum atomic E-state index is -0.507. The molecule has 0 aromatic carbocycles. The molecule has 122 valence electrons. The maximum Gasteiger partial charge on any atom is 0.410 e. The Morgan fingerprint density at radius 3 is 2.86 bits per heavy atom. The van der Waals surface area contributed by atoms with Crippen LogP contribution in [0.3, 0.4) is 0 Å². The fourth-order valence-corrected chi connectivity index (χ4v) is 2.52. The van der Waals surface area contributed by atoms with Crippen LogP contribution >= 0.6 is 0 Å². The van der Waals surface area contributed by atoms with Crippen LogP contribution in [0.5, 0.6) is 0 Å². The lowest BCUT2D eigenvalue weighted by atomic mass is 9.98. The molecule has 0 aliphatic carbocycles. The number of hydrogen-bond acceptors (Lipinski definition) is 5. The molecule has 1 saturated heterocycles. The average Bonchev–Trinajstić information content (AvgIpc) is 2.86. The highest BCUT2D eigenvalue weighted by Crippen LogP contribution is 2.21. The number of nitrogens with zero attached hydrogens (tertiary/aromatic N) is 4. The number of carbonyl (C=O) groups is 1. The van der Waals surface area contributed by atoms with Crippen LogP contribution in [0.4, 0.5) is 10.5 Å². The van der Waals surface area contributed by atoms with Gasteiger partial charge in [-0.2, -0.15) is 5.10 Å². The quantitative estimate of drug-likeness (QED) is 0.631. The Morgan fingerprint density at radius 2 is 2.27 bits per heavy atom. The molecule has 1 aliphatic rings. The number of aromatic nitrogens is 2. The Hall–Kier alpha value is -2.12. The summed E-state index contributed by atoms with van der Waals surface area (Å²) in [4.78, 5) is 24.0. The summed E-state index contributed by atoms with van der Waals surface area (Å²) in [5.74, 6) is 0.223. The van der Waals surface area contributed by atoms with Crippen molar-refractivity contribution in [1.29, 1.82) is 0 Å². The molecule has 1 aromatic rings. The predicted octanol–water partition coefficient (Wildman–Crippen LogP) is 2.44. The number of rotatable bonds is 3. The first-order valence-electron chi connectivity index (χ1n) is 7.39. The number of piperidine rings is 1. The number of hydrogen-bond donors (Lipinski definition) is 0. The van der Waals surface area contributed by atoms with E-state index in [2.05, 4.69) is 5.10 Å². The zero-order chi connectivity index (χ0) is 16.3. The van der Waals surface area contributed by atoms with E-state index in [9.17, 15) is 14.9 Å². The Kier molecular flexibility index (Phi) is 4.68. The topological polar surface area (TPSA) is 90.5 Å². The molecule has 0 radical (unpaired) electrons. The number of likely N-dealkylation sites (tertiary alicyclic amines) is 1. The van der Waals surface area contributed by atoms with E-state index in [-0.39, 0.29) is 17.7 Å². The molecule has 8 heteroatoms. The lowest BCUT2D eigenvalue weighted by Gasteiger charge is -2.34. The molecule has 2 rings (SSSR count). The molecule has 1 unspecified atom stereocenters. The monoisotopic (exact) mass is 310 g/mol. The summed E-state index contributed by atoms with van der Waals surface area (Å²) in [5, 5.41) is 14.7. The van der Waals surface area contributed by atoms with E-state index in [0.29, 0.717) is 19.6 Å². The highest BCUT2D eigenvalue weighted by atomic mass is 16.6. The highest BCUT2D eigenvalue weighted by Gasteiger charge is 2.28. The molecule has 1 aliphatic heterocycles. The highest BCUT2D eigenvalue weighted by molar-refractivity contribution is 5.68. The lowest BCUT2D eigenvalue weighted by Crippen LogP contribution is -2.43. The molecule has 2 heterocycles. The zero-order valence-corrected chi connectivity index (χ0v) is 13.2. The summed E-state index contributed by atoms with van der Waals surface area (Å²) in [6.45, 7) is 7.36. The van der Waals surface area contributed by atoms with Gasteiger partial charge in [0, 0.05) is 19.6 Å². The molecule has 0 N–H and O–H groups in total. The van der Waals surface area contributed by atoms with E-state index >= 15 is 0 Å². The number of amides is 1. The van der Waals surface area contributed by atoms with Crippen molar-refractivity contribution in [3.05, 3.63) is 22.5 Å².